The van der Waals surface area contributed by atoms with Gasteiger partial charge in [-0.05, 0) is 42.5 Å². The maximum atomic E-state index is 11.6. The van der Waals surface area contributed by atoms with Gasteiger partial charge < -0.3 is 10.6 Å². The second-order valence-corrected chi connectivity index (χ2v) is 5.88. The van der Waals surface area contributed by atoms with Crippen LogP contribution >= 0.6 is 15.9 Å². The Labute approximate surface area is 110 Å². The maximum Gasteiger partial charge on any atom is 0.238 e. The van der Waals surface area contributed by atoms with Gasteiger partial charge in [0.2, 0.25) is 5.91 Å². The van der Waals surface area contributed by atoms with Crippen molar-refractivity contribution in [2.75, 3.05) is 18.4 Å². The summed E-state index contributed by atoms with van der Waals surface area (Å²) >= 11 is 3.36. The molecule has 1 aliphatic carbocycles. The van der Waals surface area contributed by atoms with Crippen LogP contribution in [0.4, 0.5) is 5.69 Å². The predicted molar refractivity (Wildman–Crippen MR) is 73.0 cm³/mol. The van der Waals surface area contributed by atoms with Crippen molar-refractivity contribution in [2.45, 2.75) is 19.8 Å². The van der Waals surface area contributed by atoms with Crippen LogP contribution in [0.15, 0.2) is 28.7 Å². The largest absolute Gasteiger partial charge is 0.325 e. The number of carbonyl (C=O) groups is 1. The van der Waals surface area contributed by atoms with E-state index in [0.717, 1.165) is 16.7 Å². The Morgan fingerprint density at radius 2 is 2.00 bits per heavy atom. The summed E-state index contributed by atoms with van der Waals surface area (Å²) in [7, 11) is 0. The van der Waals surface area contributed by atoms with Crippen molar-refractivity contribution in [2.24, 2.45) is 5.41 Å². The van der Waals surface area contributed by atoms with Gasteiger partial charge in [-0.1, -0.05) is 22.9 Å². The topological polar surface area (TPSA) is 41.1 Å². The van der Waals surface area contributed by atoms with E-state index in [1.165, 1.54) is 12.8 Å². The first kappa shape index (κ1) is 12.6. The van der Waals surface area contributed by atoms with Crippen molar-refractivity contribution in [3.8, 4) is 0 Å². The lowest BCUT2D eigenvalue weighted by Gasteiger charge is -2.10. The van der Waals surface area contributed by atoms with Crippen LogP contribution in [0.1, 0.15) is 19.8 Å². The van der Waals surface area contributed by atoms with E-state index in [2.05, 4.69) is 33.5 Å². The van der Waals surface area contributed by atoms with Crippen LogP contribution in [0, 0.1) is 5.41 Å². The second-order valence-electron chi connectivity index (χ2n) is 4.97. The fourth-order valence-electron chi connectivity index (χ4n) is 1.61. The molecule has 1 aliphatic rings. The zero-order chi connectivity index (χ0) is 12.3. The van der Waals surface area contributed by atoms with Gasteiger partial charge in [0.05, 0.1) is 6.54 Å². The summed E-state index contributed by atoms with van der Waals surface area (Å²) in [4.78, 5) is 11.6. The Kier molecular flexibility index (Phi) is 3.84. The summed E-state index contributed by atoms with van der Waals surface area (Å²) < 4.78 is 1.01. The van der Waals surface area contributed by atoms with Crippen LogP contribution in [0.3, 0.4) is 0 Å². The van der Waals surface area contributed by atoms with Crippen molar-refractivity contribution in [1.82, 2.24) is 5.32 Å². The molecule has 0 unspecified atom stereocenters. The smallest absolute Gasteiger partial charge is 0.238 e. The fourth-order valence-corrected chi connectivity index (χ4v) is 1.87. The molecule has 1 aromatic carbocycles. The third-order valence-electron chi connectivity index (χ3n) is 3.07. The van der Waals surface area contributed by atoms with E-state index in [9.17, 15) is 4.79 Å². The van der Waals surface area contributed by atoms with Gasteiger partial charge in [0, 0.05) is 16.7 Å². The lowest BCUT2D eigenvalue weighted by Crippen LogP contribution is -2.31. The molecule has 0 aliphatic heterocycles. The van der Waals surface area contributed by atoms with Crippen molar-refractivity contribution in [1.29, 1.82) is 0 Å². The van der Waals surface area contributed by atoms with E-state index in [-0.39, 0.29) is 5.91 Å². The number of hydrogen-bond donors (Lipinski definition) is 2. The lowest BCUT2D eigenvalue weighted by molar-refractivity contribution is -0.115. The van der Waals surface area contributed by atoms with E-state index >= 15 is 0 Å². The molecule has 17 heavy (non-hydrogen) atoms. The predicted octanol–water partition coefficient (Wildman–Crippen LogP) is 2.78. The van der Waals surface area contributed by atoms with Crippen molar-refractivity contribution < 1.29 is 4.79 Å². The van der Waals surface area contributed by atoms with Crippen molar-refractivity contribution in [3.63, 3.8) is 0 Å². The van der Waals surface area contributed by atoms with Gasteiger partial charge in [-0.3, -0.25) is 4.79 Å². The first-order valence-electron chi connectivity index (χ1n) is 5.84. The number of halogens is 1. The van der Waals surface area contributed by atoms with Gasteiger partial charge in [-0.15, -0.1) is 0 Å². The molecule has 0 spiro atoms. The molecule has 1 saturated carbocycles. The monoisotopic (exact) mass is 296 g/mol. The zero-order valence-electron chi connectivity index (χ0n) is 9.92. The van der Waals surface area contributed by atoms with Gasteiger partial charge in [-0.25, -0.2) is 0 Å². The third-order valence-corrected chi connectivity index (χ3v) is 3.60. The quantitative estimate of drug-likeness (QED) is 0.877. The number of benzene rings is 1. The highest BCUT2D eigenvalue weighted by Crippen LogP contribution is 2.43. The molecule has 2 N–H and O–H groups in total. The summed E-state index contributed by atoms with van der Waals surface area (Å²) in [6.45, 7) is 3.55. The molecule has 4 heteroatoms. The van der Waals surface area contributed by atoms with Gasteiger partial charge >= 0.3 is 0 Å². The molecule has 0 aromatic heterocycles. The molecule has 2 rings (SSSR count). The minimum Gasteiger partial charge on any atom is -0.325 e. The SMILES string of the molecule is CC1(CNCC(=O)Nc2ccc(Br)cc2)CC1. The second kappa shape index (κ2) is 5.19. The number of hydrogen-bond acceptors (Lipinski definition) is 2. The normalized spacial score (nSPS) is 16.6. The van der Waals surface area contributed by atoms with Crippen LogP contribution < -0.4 is 10.6 Å². The van der Waals surface area contributed by atoms with Gasteiger partial charge in [-0.2, -0.15) is 0 Å². The molecule has 1 aromatic rings. The van der Waals surface area contributed by atoms with E-state index < -0.39 is 0 Å². The summed E-state index contributed by atoms with van der Waals surface area (Å²) in [6, 6.07) is 7.58. The highest BCUT2D eigenvalue weighted by atomic mass is 79.9. The molecule has 0 radical (unpaired) electrons. The minimum absolute atomic E-state index is 0.0107. The molecule has 0 heterocycles. The van der Waals surface area contributed by atoms with Crippen molar-refractivity contribution in [3.05, 3.63) is 28.7 Å². The Morgan fingerprint density at radius 3 is 2.59 bits per heavy atom. The Balaban J connectivity index is 1.71. The van der Waals surface area contributed by atoms with Crippen LogP contribution in [0.5, 0.6) is 0 Å². The van der Waals surface area contributed by atoms with Crippen LogP contribution in [0.25, 0.3) is 0 Å². The van der Waals surface area contributed by atoms with Crippen LogP contribution in [0.2, 0.25) is 0 Å². The first-order valence-corrected chi connectivity index (χ1v) is 6.63. The lowest BCUT2D eigenvalue weighted by atomic mass is 10.1. The molecule has 3 nitrogen and oxygen atoms in total. The van der Waals surface area contributed by atoms with Crippen LogP contribution in [-0.2, 0) is 4.79 Å². The number of anilines is 1. The molecular formula is C13H17BrN2O. The zero-order valence-corrected chi connectivity index (χ0v) is 11.5. The number of amides is 1. The number of nitrogens with one attached hydrogen (secondary N) is 2. The molecule has 0 atom stereocenters. The molecule has 0 saturated heterocycles. The first-order chi connectivity index (χ1) is 8.07. The molecule has 1 amide bonds. The molecule has 0 bridgehead atoms. The standard InChI is InChI=1S/C13H17BrN2O/c1-13(6-7-13)9-15-8-12(17)16-11-4-2-10(14)3-5-11/h2-5,15H,6-9H2,1H3,(H,16,17). The third kappa shape index (κ3) is 4.13. The van der Waals surface area contributed by atoms with E-state index in [4.69, 9.17) is 0 Å². The van der Waals surface area contributed by atoms with Gasteiger partial charge in [0.15, 0.2) is 0 Å². The van der Waals surface area contributed by atoms with E-state index in [1.54, 1.807) is 0 Å². The average Bonchev–Trinajstić information content (AvgIpc) is 3.00. The Morgan fingerprint density at radius 1 is 1.35 bits per heavy atom. The Hall–Kier alpha value is -0.870. The van der Waals surface area contributed by atoms with E-state index in [0.29, 0.717) is 12.0 Å². The number of rotatable bonds is 5. The van der Waals surface area contributed by atoms with Crippen molar-refractivity contribution >= 4 is 27.5 Å². The molecule has 92 valence electrons. The summed E-state index contributed by atoms with van der Waals surface area (Å²) in [5.41, 5.74) is 1.27. The van der Waals surface area contributed by atoms with Gasteiger partial charge in [0.25, 0.3) is 0 Å². The molecular weight excluding hydrogens is 280 g/mol. The highest BCUT2D eigenvalue weighted by molar-refractivity contribution is 9.10. The molecule has 1 fully saturated rings. The van der Waals surface area contributed by atoms with Crippen LogP contribution in [-0.4, -0.2) is 19.0 Å². The number of carbonyl (C=O) groups excluding carboxylic acids is 1. The summed E-state index contributed by atoms with van der Waals surface area (Å²) in [5.74, 6) is 0.0107. The summed E-state index contributed by atoms with van der Waals surface area (Å²) in [6.07, 6.45) is 2.54. The van der Waals surface area contributed by atoms with Gasteiger partial charge in [0.1, 0.15) is 0 Å². The van der Waals surface area contributed by atoms with E-state index in [1.807, 2.05) is 24.3 Å². The minimum atomic E-state index is 0.0107. The fraction of sp³-hybridized carbons (Fsp3) is 0.462. The maximum absolute atomic E-state index is 11.6. The average molecular weight is 297 g/mol. The Bertz CT molecular complexity index is 398. The highest BCUT2D eigenvalue weighted by Gasteiger charge is 2.36. The summed E-state index contributed by atoms with van der Waals surface area (Å²) in [5, 5.41) is 6.05.